The third-order valence-corrected chi connectivity index (χ3v) is 3.65. The third-order valence-electron chi connectivity index (χ3n) is 3.16. The molecule has 0 saturated carbocycles. The lowest BCUT2D eigenvalue weighted by atomic mass is 10.0. The van der Waals surface area contributed by atoms with Gasteiger partial charge in [0.25, 0.3) is 0 Å². The minimum absolute atomic E-state index is 0.261. The molecule has 0 saturated heterocycles. The van der Waals surface area contributed by atoms with Gasteiger partial charge in [-0.25, -0.2) is 0 Å². The molecule has 2 heteroatoms. The van der Waals surface area contributed by atoms with Crippen LogP contribution < -0.4 is 0 Å². The van der Waals surface area contributed by atoms with Crippen molar-refractivity contribution in [3.8, 4) is 0 Å². The van der Waals surface area contributed by atoms with Crippen molar-refractivity contribution >= 4 is 26.7 Å². The summed E-state index contributed by atoms with van der Waals surface area (Å²) in [7, 11) is 0. The fourth-order valence-corrected chi connectivity index (χ4v) is 2.76. The zero-order chi connectivity index (χ0) is 10.4. The van der Waals surface area contributed by atoms with E-state index in [4.69, 9.17) is 0 Å². The van der Waals surface area contributed by atoms with Gasteiger partial charge in [-0.05, 0) is 46.9 Å². The minimum Gasteiger partial charge on any atom is -0.388 e. The summed E-state index contributed by atoms with van der Waals surface area (Å²) in [6, 6.07) is 10.5. The second-order valence-corrected chi connectivity index (χ2v) is 4.97. The van der Waals surface area contributed by atoms with Gasteiger partial charge in [-0.2, -0.15) is 0 Å². The summed E-state index contributed by atoms with van der Waals surface area (Å²) in [6.07, 6.45) is 1.59. The van der Waals surface area contributed by atoms with Crippen molar-refractivity contribution in [2.75, 3.05) is 0 Å². The highest BCUT2D eigenvalue weighted by Gasteiger charge is 2.21. The van der Waals surface area contributed by atoms with Crippen LogP contribution in [0.25, 0.3) is 10.8 Å². The molecule has 0 aliphatic heterocycles. The SMILES string of the molecule is O[C@@H]1CCc2c1ccc1ccc(Br)cc21. The van der Waals surface area contributed by atoms with E-state index in [1.807, 2.05) is 0 Å². The van der Waals surface area contributed by atoms with Crippen LogP contribution in [0.1, 0.15) is 23.7 Å². The molecule has 1 N–H and O–H groups in total. The molecule has 76 valence electrons. The molecule has 0 bridgehead atoms. The minimum atomic E-state index is -0.261. The lowest BCUT2D eigenvalue weighted by molar-refractivity contribution is 0.180. The summed E-state index contributed by atoms with van der Waals surface area (Å²) in [5.74, 6) is 0. The number of aliphatic hydroxyl groups is 1. The Morgan fingerprint density at radius 2 is 2.00 bits per heavy atom. The second kappa shape index (κ2) is 3.32. The molecule has 0 unspecified atom stereocenters. The Balaban J connectivity index is 2.37. The van der Waals surface area contributed by atoms with Gasteiger partial charge in [-0.1, -0.05) is 34.1 Å². The van der Waals surface area contributed by atoms with Crippen LogP contribution in [0, 0.1) is 0 Å². The predicted molar refractivity (Wildman–Crippen MR) is 64.9 cm³/mol. The number of fused-ring (bicyclic) bond motifs is 3. The van der Waals surface area contributed by atoms with Crippen LogP contribution >= 0.6 is 15.9 Å². The summed E-state index contributed by atoms with van der Waals surface area (Å²) in [5.41, 5.74) is 2.43. The quantitative estimate of drug-likeness (QED) is 0.770. The molecular weight excluding hydrogens is 252 g/mol. The molecule has 0 aromatic heterocycles. The molecule has 0 spiro atoms. The van der Waals surface area contributed by atoms with Gasteiger partial charge in [0.05, 0.1) is 6.10 Å². The summed E-state index contributed by atoms with van der Waals surface area (Å²) in [5, 5.41) is 12.3. The third kappa shape index (κ3) is 1.40. The Hall–Kier alpha value is -0.860. The Labute approximate surface area is 96.9 Å². The Morgan fingerprint density at radius 1 is 1.20 bits per heavy atom. The lowest BCUT2D eigenvalue weighted by Gasteiger charge is -2.07. The molecule has 1 aliphatic rings. The number of hydrogen-bond donors (Lipinski definition) is 1. The molecular formula is C13H11BrO. The van der Waals surface area contributed by atoms with Gasteiger partial charge in [-0.15, -0.1) is 0 Å². The largest absolute Gasteiger partial charge is 0.388 e. The van der Waals surface area contributed by atoms with Gasteiger partial charge in [0.2, 0.25) is 0 Å². The zero-order valence-electron chi connectivity index (χ0n) is 8.20. The van der Waals surface area contributed by atoms with Gasteiger partial charge in [0, 0.05) is 4.47 Å². The number of rotatable bonds is 0. The molecule has 1 nitrogen and oxygen atoms in total. The zero-order valence-corrected chi connectivity index (χ0v) is 9.79. The smallest absolute Gasteiger partial charge is 0.0796 e. The fraction of sp³-hybridized carbons (Fsp3) is 0.231. The molecule has 0 radical (unpaired) electrons. The van der Waals surface area contributed by atoms with Crippen LogP contribution in [0.2, 0.25) is 0 Å². The van der Waals surface area contributed by atoms with E-state index in [0.29, 0.717) is 0 Å². The van der Waals surface area contributed by atoms with E-state index in [1.54, 1.807) is 0 Å². The monoisotopic (exact) mass is 262 g/mol. The average Bonchev–Trinajstić information content (AvgIpc) is 2.61. The number of aryl methyl sites for hydroxylation is 1. The number of halogens is 1. The summed E-state index contributed by atoms with van der Waals surface area (Å²) >= 11 is 3.49. The van der Waals surface area contributed by atoms with Crippen molar-refractivity contribution in [2.24, 2.45) is 0 Å². The molecule has 3 rings (SSSR count). The first-order valence-corrected chi connectivity index (χ1v) is 5.94. The Morgan fingerprint density at radius 3 is 2.87 bits per heavy atom. The summed E-state index contributed by atoms with van der Waals surface area (Å²) < 4.78 is 1.10. The maximum absolute atomic E-state index is 9.80. The maximum atomic E-state index is 9.80. The molecule has 1 atom stereocenters. The van der Waals surface area contributed by atoms with E-state index in [2.05, 4.69) is 46.3 Å². The molecule has 1 aliphatic carbocycles. The topological polar surface area (TPSA) is 20.2 Å². The van der Waals surface area contributed by atoms with Crippen molar-refractivity contribution in [1.29, 1.82) is 0 Å². The molecule has 0 amide bonds. The Bertz CT molecular complexity index is 533. The summed E-state index contributed by atoms with van der Waals surface area (Å²) in [4.78, 5) is 0. The highest BCUT2D eigenvalue weighted by Crippen LogP contribution is 2.36. The van der Waals surface area contributed by atoms with E-state index >= 15 is 0 Å². The van der Waals surface area contributed by atoms with E-state index in [0.717, 1.165) is 22.9 Å². The first-order valence-electron chi connectivity index (χ1n) is 5.15. The van der Waals surface area contributed by atoms with Crippen LogP contribution in [-0.2, 0) is 6.42 Å². The predicted octanol–water partition coefficient (Wildman–Crippen LogP) is 3.58. The highest BCUT2D eigenvalue weighted by molar-refractivity contribution is 9.10. The van der Waals surface area contributed by atoms with Crippen LogP contribution in [0.4, 0.5) is 0 Å². The van der Waals surface area contributed by atoms with Crippen molar-refractivity contribution in [3.05, 3.63) is 45.9 Å². The summed E-state index contributed by atoms with van der Waals surface area (Å²) in [6.45, 7) is 0. The van der Waals surface area contributed by atoms with Crippen LogP contribution in [0.3, 0.4) is 0 Å². The van der Waals surface area contributed by atoms with Gasteiger partial charge in [0.15, 0.2) is 0 Å². The number of hydrogen-bond acceptors (Lipinski definition) is 1. The van der Waals surface area contributed by atoms with E-state index < -0.39 is 0 Å². The van der Waals surface area contributed by atoms with Crippen molar-refractivity contribution < 1.29 is 5.11 Å². The number of aliphatic hydroxyl groups excluding tert-OH is 1. The van der Waals surface area contributed by atoms with Crippen molar-refractivity contribution in [2.45, 2.75) is 18.9 Å². The van der Waals surface area contributed by atoms with Crippen LogP contribution in [-0.4, -0.2) is 5.11 Å². The molecule has 0 fully saturated rings. The lowest BCUT2D eigenvalue weighted by Crippen LogP contribution is -1.90. The standard InChI is InChI=1S/C13H11BrO/c14-9-3-1-8-2-4-11-10(12(8)7-9)5-6-13(11)15/h1-4,7,13,15H,5-6H2/t13-/m1/s1. The fourth-order valence-electron chi connectivity index (χ4n) is 2.40. The Kier molecular flexibility index (Phi) is 2.08. The maximum Gasteiger partial charge on any atom is 0.0796 e. The van der Waals surface area contributed by atoms with Gasteiger partial charge in [0.1, 0.15) is 0 Å². The molecule has 2 aromatic rings. The molecule has 2 aromatic carbocycles. The van der Waals surface area contributed by atoms with E-state index in [1.165, 1.54) is 16.3 Å². The van der Waals surface area contributed by atoms with E-state index in [9.17, 15) is 5.11 Å². The van der Waals surface area contributed by atoms with Crippen LogP contribution in [0.5, 0.6) is 0 Å². The molecule has 15 heavy (non-hydrogen) atoms. The number of benzene rings is 2. The first kappa shape index (κ1) is 9.37. The van der Waals surface area contributed by atoms with Gasteiger partial charge in [-0.3, -0.25) is 0 Å². The van der Waals surface area contributed by atoms with Gasteiger partial charge >= 0.3 is 0 Å². The van der Waals surface area contributed by atoms with Crippen LogP contribution in [0.15, 0.2) is 34.8 Å². The van der Waals surface area contributed by atoms with E-state index in [-0.39, 0.29) is 6.10 Å². The van der Waals surface area contributed by atoms with Crippen molar-refractivity contribution in [1.82, 2.24) is 0 Å². The van der Waals surface area contributed by atoms with Crippen molar-refractivity contribution in [3.63, 3.8) is 0 Å². The normalized spacial score (nSPS) is 19.5. The van der Waals surface area contributed by atoms with Gasteiger partial charge < -0.3 is 5.11 Å². The highest BCUT2D eigenvalue weighted by atomic mass is 79.9. The first-order chi connectivity index (χ1) is 7.25. The average molecular weight is 263 g/mol. The molecule has 0 heterocycles. The second-order valence-electron chi connectivity index (χ2n) is 4.05.